The van der Waals surface area contributed by atoms with Gasteiger partial charge in [0, 0.05) is 24.3 Å². The van der Waals surface area contributed by atoms with Crippen molar-refractivity contribution in [2.75, 3.05) is 14.2 Å². The van der Waals surface area contributed by atoms with Gasteiger partial charge in [0.2, 0.25) is 0 Å². The van der Waals surface area contributed by atoms with Gasteiger partial charge in [-0.2, -0.15) is 0 Å². The van der Waals surface area contributed by atoms with Crippen molar-refractivity contribution in [2.45, 2.75) is 58.0 Å². The van der Waals surface area contributed by atoms with E-state index in [-0.39, 0.29) is 10.1 Å². The maximum atomic E-state index is 6.35. The molecule has 0 bridgehead atoms. The van der Waals surface area contributed by atoms with Gasteiger partial charge >= 0.3 is 8.56 Å². The van der Waals surface area contributed by atoms with Gasteiger partial charge in [-0.15, -0.1) is 0 Å². The maximum Gasteiger partial charge on any atom is 0.354 e. The summed E-state index contributed by atoms with van der Waals surface area (Å²) in [4.78, 5) is 0. The molecule has 3 heteroatoms. The van der Waals surface area contributed by atoms with Crippen LogP contribution in [0.5, 0.6) is 0 Å². The van der Waals surface area contributed by atoms with E-state index >= 15 is 0 Å². The fraction of sp³-hybridized carbons (Fsp3) is 0.619. The number of hydrogen-bond acceptors (Lipinski definition) is 2. The van der Waals surface area contributed by atoms with Gasteiger partial charge in [0.25, 0.3) is 0 Å². The molecule has 1 aliphatic rings. The Labute approximate surface area is 149 Å². The first-order chi connectivity index (χ1) is 11.1. The molecule has 1 aromatic carbocycles. The predicted octanol–water partition coefficient (Wildman–Crippen LogP) is 5.82. The summed E-state index contributed by atoms with van der Waals surface area (Å²) in [6, 6.07) is 8.66. The van der Waals surface area contributed by atoms with Crippen LogP contribution in [0.3, 0.4) is 0 Å². The smallest absolute Gasteiger partial charge is 0.354 e. The Balaban J connectivity index is 2.55. The Morgan fingerprint density at radius 1 is 1.08 bits per heavy atom. The van der Waals surface area contributed by atoms with Crippen molar-refractivity contribution in [1.29, 1.82) is 0 Å². The quantitative estimate of drug-likeness (QED) is 0.604. The highest BCUT2D eigenvalue weighted by Gasteiger charge is 2.64. The number of benzene rings is 1. The van der Waals surface area contributed by atoms with E-state index in [4.69, 9.17) is 8.85 Å². The zero-order valence-corrected chi connectivity index (χ0v) is 17.6. The Morgan fingerprint density at radius 3 is 2.21 bits per heavy atom. The minimum Gasteiger partial charge on any atom is -0.397 e. The molecule has 0 heterocycles. The Bertz CT molecular complexity index is 602. The van der Waals surface area contributed by atoms with Crippen molar-refractivity contribution in [3.05, 3.63) is 41.5 Å². The van der Waals surface area contributed by atoms with Gasteiger partial charge in [-0.3, -0.25) is 0 Å². The van der Waals surface area contributed by atoms with Crippen LogP contribution in [0.2, 0.25) is 10.1 Å². The normalized spacial score (nSPS) is 22.5. The van der Waals surface area contributed by atoms with Crippen LogP contribution in [0, 0.1) is 11.8 Å². The summed E-state index contributed by atoms with van der Waals surface area (Å²) in [7, 11) is 1.13. The second kappa shape index (κ2) is 6.78. The van der Waals surface area contributed by atoms with Gasteiger partial charge in [-0.1, -0.05) is 78.0 Å². The van der Waals surface area contributed by atoms with Crippen LogP contribution in [-0.4, -0.2) is 22.8 Å². The van der Waals surface area contributed by atoms with E-state index in [1.54, 1.807) is 0 Å². The molecule has 2 unspecified atom stereocenters. The standard InChI is InChI=1S/C21H34O2Si/c1-16(2)17(3)20(4,5)24(22-7,23-8)21(6)14-13-18-11-9-10-12-19(18)15-21/h9-14,16-17H,15H2,1-8H3. The van der Waals surface area contributed by atoms with E-state index in [1.807, 2.05) is 14.2 Å². The van der Waals surface area contributed by atoms with Crippen LogP contribution >= 0.6 is 0 Å². The van der Waals surface area contributed by atoms with Gasteiger partial charge in [-0.05, 0) is 29.4 Å². The molecule has 1 aliphatic carbocycles. The van der Waals surface area contributed by atoms with E-state index in [0.29, 0.717) is 11.8 Å². The first-order valence-corrected chi connectivity index (χ1v) is 10.8. The van der Waals surface area contributed by atoms with Crippen molar-refractivity contribution in [3.63, 3.8) is 0 Å². The van der Waals surface area contributed by atoms with Crippen LogP contribution in [0.4, 0.5) is 0 Å². The molecule has 2 atom stereocenters. The van der Waals surface area contributed by atoms with Crippen molar-refractivity contribution in [3.8, 4) is 0 Å². The molecule has 2 rings (SSSR count). The van der Waals surface area contributed by atoms with Gasteiger partial charge < -0.3 is 8.85 Å². The molecule has 0 saturated carbocycles. The van der Waals surface area contributed by atoms with E-state index in [1.165, 1.54) is 11.1 Å². The first-order valence-electron chi connectivity index (χ1n) is 9.02. The largest absolute Gasteiger partial charge is 0.397 e. The molecule has 0 amide bonds. The molecule has 1 aromatic rings. The average molecular weight is 347 g/mol. The Morgan fingerprint density at radius 2 is 1.67 bits per heavy atom. The fourth-order valence-corrected chi connectivity index (χ4v) is 10.0. The van der Waals surface area contributed by atoms with E-state index in [2.05, 4.69) is 78.0 Å². The molecule has 134 valence electrons. The van der Waals surface area contributed by atoms with E-state index < -0.39 is 8.56 Å². The van der Waals surface area contributed by atoms with Gasteiger partial charge in [0.1, 0.15) is 0 Å². The van der Waals surface area contributed by atoms with E-state index in [9.17, 15) is 0 Å². The summed E-state index contributed by atoms with van der Waals surface area (Å²) in [6.45, 7) is 13.9. The highest BCUT2D eigenvalue weighted by Crippen LogP contribution is 2.60. The molecule has 0 fully saturated rings. The van der Waals surface area contributed by atoms with Crippen LogP contribution in [0.15, 0.2) is 30.3 Å². The topological polar surface area (TPSA) is 18.5 Å². The summed E-state index contributed by atoms with van der Waals surface area (Å²) in [5, 5.41) is -0.118. The molecule has 2 nitrogen and oxygen atoms in total. The first kappa shape index (κ1) is 19.4. The zero-order chi connectivity index (χ0) is 18.2. The predicted molar refractivity (Wildman–Crippen MR) is 105 cm³/mol. The number of hydrogen-bond donors (Lipinski definition) is 0. The maximum absolute atomic E-state index is 6.35. The summed E-state index contributed by atoms with van der Waals surface area (Å²) in [5.41, 5.74) is 2.71. The number of fused-ring (bicyclic) bond motifs is 1. The summed E-state index contributed by atoms with van der Waals surface area (Å²) in [5.74, 6) is 1.09. The molecular weight excluding hydrogens is 312 g/mol. The van der Waals surface area contributed by atoms with Gasteiger partial charge in [0.05, 0.1) is 0 Å². The molecule has 24 heavy (non-hydrogen) atoms. The molecule has 0 N–H and O–H groups in total. The van der Waals surface area contributed by atoms with Crippen molar-refractivity contribution >= 4 is 14.6 Å². The third-order valence-electron chi connectivity index (χ3n) is 6.56. The zero-order valence-electron chi connectivity index (χ0n) is 16.6. The highest BCUT2D eigenvalue weighted by atomic mass is 28.4. The monoisotopic (exact) mass is 346 g/mol. The van der Waals surface area contributed by atoms with Crippen molar-refractivity contribution in [2.24, 2.45) is 11.8 Å². The molecule has 0 saturated heterocycles. The SMILES string of the molecule is CO[Si](OC)(C1(C)C=Cc2ccccc2C1)C(C)(C)C(C)C(C)C. The summed E-state index contributed by atoms with van der Waals surface area (Å²) in [6.07, 6.45) is 5.58. The fourth-order valence-electron chi connectivity index (χ4n) is 4.76. The average Bonchev–Trinajstić information content (AvgIpc) is 2.55. The lowest BCUT2D eigenvalue weighted by Gasteiger charge is -2.54. The van der Waals surface area contributed by atoms with Gasteiger partial charge in [0.15, 0.2) is 0 Å². The molecule has 0 spiro atoms. The number of rotatable bonds is 6. The Kier molecular flexibility index (Phi) is 5.48. The van der Waals surface area contributed by atoms with Crippen molar-refractivity contribution < 1.29 is 8.85 Å². The lowest BCUT2D eigenvalue weighted by Crippen LogP contribution is -2.61. The van der Waals surface area contributed by atoms with Crippen LogP contribution in [0.1, 0.15) is 52.7 Å². The lowest BCUT2D eigenvalue weighted by atomic mass is 9.86. The highest BCUT2D eigenvalue weighted by molar-refractivity contribution is 6.74. The van der Waals surface area contributed by atoms with Crippen LogP contribution in [-0.2, 0) is 15.3 Å². The third kappa shape index (κ3) is 2.81. The minimum atomic E-state index is -2.58. The van der Waals surface area contributed by atoms with E-state index in [0.717, 1.165) is 6.42 Å². The van der Waals surface area contributed by atoms with Crippen LogP contribution < -0.4 is 0 Å². The van der Waals surface area contributed by atoms with Gasteiger partial charge in [-0.25, -0.2) is 0 Å². The summed E-state index contributed by atoms with van der Waals surface area (Å²) < 4.78 is 12.7. The summed E-state index contributed by atoms with van der Waals surface area (Å²) >= 11 is 0. The minimum absolute atomic E-state index is 0.0178. The Hall–Kier alpha value is -0.903. The molecular formula is C21H34O2Si. The lowest BCUT2D eigenvalue weighted by molar-refractivity contribution is 0.151. The van der Waals surface area contributed by atoms with Crippen LogP contribution in [0.25, 0.3) is 6.08 Å². The molecule has 0 aliphatic heterocycles. The molecule has 0 aromatic heterocycles. The number of allylic oxidation sites excluding steroid dienone is 1. The van der Waals surface area contributed by atoms with Crippen molar-refractivity contribution in [1.82, 2.24) is 0 Å². The third-order valence-corrected chi connectivity index (χ3v) is 11.7. The second-order valence-electron chi connectivity index (χ2n) is 8.41. The second-order valence-corrected chi connectivity index (χ2v) is 12.9. The molecule has 0 radical (unpaired) electrons.